The number of fused-ring (bicyclic) bond motifs is 1. The van der Waals surface area contributed by atoms with E-state index in [4.69, 9.17) is 26.8 Å². The maximum atomic E-state index is 7.52. The van der Waals surface area contributed by atoms with Crippen LogP contribution in [0, 0.1) is 0 Å². The zero-order valence-corrected chi connectivity index (χ0v) is 8.20. The molecular formula is C7H4BrClNO2. The van der Waals surface area contributed by atoms with Crippen LogP contribution in [0.3, 0.4) is 0 Å². The molecule has 0 fully saturated rings. The molecule has 12 heavy (non-hydrogen) atoms. The van der Waals surface area contributed by atoms with E-state index >= 15 is 0 Å². The maximum absolute atomic E-state index is 7.52. The van der Waals surface area contributed by atoms with Crippen molar-refractivity contribution in [1.29, 1.82) is 0 Å². The van der Waals surface area contributed by atoms with Gasteiger partial charge < -0.3 is 9.47 Å². The summed E-state index contributed by atoms with van der Waals surface area (Å²) in [5, 5.41) is 0.353. The Kier molecular flexibility index (Phi) is 1.81. The van der Waals surface area contributed by atoms with Gasteiger partial charge in [0.2, 0.25) is 6.79 Å². The number of hydrogen-bond donors (Lipinski definition) is 0. The molecule has 0 unspecified atom stereocenters. The normalized spacial score (nSPS) is 13.5. The monoisotopic (exact) mass is 248 g/mol. The van der Waals surface area contributed by atoms with Gasteiger partial charge in [-0.15, -0.1) is 0 Å². The van der Waals surface area contributed by atoms with Crippen molar-refractivity contribution in [2.75, 3.05) is 6.79 Å². The van der Waals surface area contributed by atoms with Crippen LogP contribution in [-0.4, -0.2) is 6.79 Å². The van der Waals surface area contributed by atoms with Gasteiger partial charge >= 0.3 is 0 Å². The quantitative estimate of drug-likeness (QED) is 0.709. The molecule has 63 valence electrons. The van der Waals surface area contributed by atoms with Gasteiger partial charge in [-0.3, -0.25) is 5.73 Å². The third-order valence-electron chi connectivity index (χ3n) is 1.55. The first kappa shape index (κ1) is 8.01. The largest absolute Gasteiger partial charge is 0.452 e. The zero-order chi connectivity index (χ0) is 8.72. The lowest BCUT2D eigenvalue weighted by Gasteiger charge is -2.02. The molecule has 1 heterocycles. The highest BCUT2D eigenvalue weighted by atomic mass is 79.9. The minimum Gasteiger partial charge on any atom is -0.452 e. The van der Waals surface area contributed by atoms with Crippen molar-refractivity contribution in [3.63, 3.8) is 0 Å². The first-order chi connectivity index (χ1) is 5.70. The summed E-state index contributed by atoms with van der Waals surface area (Å²) >= 11 is 9.00. The Morgan fingerprint density at radius 3 is 2.83 bits per heavy atom. The molecule has 0 spiro atoms. The molecule has 5 heteroatoms. The second kappa shape index (κ2) is 2.71. The predicted octanol–water partition coefficient (Wildman–Crippen LogP) is 2.75. The fourth-order valence-electron chi connectivity index (χ4n) is 0.999. The SMILES string of the molecule is [NH]c1c(Cl)cc(Br)c2c1OCO2. The summed E-state index contributed by atoms with van der Waals surface area (Å²) in [5.41, 5.74) is 7.69. The Bertz CT molecular complexity index is 343. The smallest absolute Gasteiger partial charge is 0.231 e. The topological polar surface area (TPSA) is 42.3 Å². The minimum atomic E-state index is 0.153. The standard InChI is InChI=1S/C7H4BrClNO2/c8-3-1-4(9)5(10)7-6(3)11-2-12-7/h1,10H,2H2. The van der Waals surface area contributed by atoms with E-state index in [-0.39, 0.29) is 12.5 Å². The molecule has 3 nitrogen and oxygen atoms in total. The molecule has 0 bridgehead atoms. The van der Waals surface area contributed by atoms with Gasteiger partial charge in [-0.2, -0.15) is 0 Å². The van der Waals surface area contributed by atoms with Gasteiger partial charge in [-0.25, -0.2) is 0 Å². The Labute approximate surface area is 82.5 Å². The molecule has 1 aliphatic heterocycles. The summed E-state index contributed by atoms with van der Waals surface area (Å²) < 4.78 is 10.9. The molecule has 0 saturated heterocycles. The summed E-state index contributed by atoms with van der Waals surface area (Å²) in [7, 11) is 0. The van der Waals surface area contributed by atoms with E-state index in [0.29, 0.717) is 16.5 Å². The lowest BCUT2D eigenvalue weighted by atomic mass is 10.3. The Morgan fingerprint density at radius 1 is 1.42 bits per heavy atom. The van der Waals surface area contributed by atoms with E-state index in [9.17, 15) is 0 Å². The van der Waals surface area contributed by atoms with Crippen LogP contribution in [0.4, 0.5) is 5.69 Å². The molecule has 0 aromatic heterocycles. The van der Waals surface area contributed by atoms with Crippen LogP contribution in [0.1, 0.15) is 0 Å². The van der Waals surface area contributed by atoms with Crippen molar-refractivity contribution in [2.24, 2.45) is 0 Å². The van der Waals surface area contributed by atoms with Gasteiger partial charge in [0.05, 0.1) is 9.50 Å². The molecule has 2 rings (SSSR count). The molecule has 0 atom stereocenters. The molecule has 1 aliphatic rings. The van der Waals surface area contributed by atoms with E-state index in [1.165, 1.54) is 0 Å². The highest BCUT2D eigenvalue weighted by molar-refractivity contribution is 9.10. The van der Waals surface area contributed by atoms with Gasteiger partial charge in [0.15, 0.2) is 11.5 Å². The molecule has 0 aliphatic carbocycles. The van der Waals surface area contributed by atoms with Gasteiger partial charge in [0.1, 0.15) is 5.69 Å². The van der Waals surface area contributed by atoms with Crippen molar-refractivity contribution in [3.8, 4) is 11.5 Å². The summed E-state index contributed by atoms with van der Waals surface area (Å²) in [6.45, 7) is 0.153. The van der Waals surface area contributed by atoms with Gasteiger partial charge in [-0.1, -0.05) is 11.6 Å². The number of hydrogen-bond acceptors (Lipinski definition) is 2. The Balaban J connectivity index is 2.69. The van der Waals surface area contributed by atoms with E-state index in [2.05, 4.69) is 15.9 Å². The Hall–Kier alpha value is -0.610. The average molecular weight is 249 g/mol. The van der Waals surface area contributed by atoms with Crippen molar-refractivity contribution >= 4 is 33.2 Å². The Morgan fingerprint density at radius 2 is 2.08 bits per heavy atom. The summed E-state index contributed by atoms with van der Waals surface area (Å²) in [6, 6.07) is 1.62. The van der Waals surface area contributed by atoms with Crippen LogP contribution in [-0.2, 0) is 0 Å². The van der Waals surface area contributed by atoms with Crippen LogP contribution in [0.25, 0.3) is 0 Å². The fourth-order valence-corrected chi connectivity index (χ4v) is 1.85. The van der Waals surface area contributed by atoms with Crippen molar-refractivity contribution in [2.45, 2.75) is 0 Å². The van der Waals surface area contributed by atoms with Crippen LogP contribution >= 0.6 is 27.5 Å². The second-order valence-electron chi connectivity index (χ2n) is 2.28. The number of halogens is 2. The number of benzene rings is 1. The first-order valence-corrected chi connectivity index (χ1v) is 4.36. The molecular weight excluding hydrogens is 245 g/mol. The third-order valence-corrected chi connectivity index (χ3v) is 2.44. The van der Waals surface area contributed by atoms with Crippen LogP contribution in [0.15, 0.2) is 10.5 Å². The van der Waals surface area contributed by atoms with E-state index in [0.717, 1.165) is 4.47 Å². The van der Waals surface area contributed by atoms with Crippen LogP contribution in [0.5, 0.6) is 11.5 Å². The van der Waals surface area contributed by atoms with E-state index in [1.54, 1.807) is 6.07 Å². The lowest BCUT2D eigenvalue weighted by Crippen LogP contribution is -1.93. The summed E-state index contributed by atoms with van der Waals surface area (Å²) in [5.74, 6) is 0.971. The van der Waals surface area contributed by atoms with Crippen molar-refractivity contribution < 1.29 is 9.47 Å². The van der Waals surface area contributed by atoms with Crippen LogP contribution < -0.4 is 15.2 Å². The number of ether oxygens (including phenoxy) is 2. The van der Waals surface area contributed by atoms with Crippen molar-refractivity contribution in [1.82, 2.24) is 5.73 Å². The molecule has 1 N–H and O–H groups in total. The van der Waals surface area contributed by atoms with E-state index in [1.807, 2.05) is 0 Å². The molecule has 1 radical (unpaired) electrons. The number of rotatable bonds is 0. The average Bonchev–Trinajstić information content (AvgIpc) is 2.48. The predicted molar refractivity (Wildman–Crippen MR) is 48.0 cm³/mol. The maximum Gasteiger partial charge on any atom is 0.231 e. The molecule has 1 aromatic carbocycles. The second-order valence-corrected chi connectivity index (χ2v) is 3.54. The summed E-state index contributed by atoms with van der Waals surface area (Å²) in [4.78, 5) is 0. The third kappa shape index (κ3) is 1.03. The summed E-state index contributed by atoms with van der Waals surface area (Å²) in [6.07, 6.45) is 0. The minimum absolute atomic E-state index is 0.153. The zero-order valence-electron chi connectivity index (χ0n) is 5.86. The van der Waals surface area contributed by atoms with Crippen molar-refractivity contribution in [3.05, 3.63) is 15.6 Å². The van der Waals surface area contributed by atoms with E-state index < -0.39 is 0 Å². The van der Waals surface area contributed by atoms with Gasteiger partial charge in [-0.05, 0) is 22.0 Å². The van der Waals surface area contributed by atoms with Gasteiger partial charge in [0, 0.05) is 0 Å². The highest BCUT2D eigenvalue weighted by Crippen LogP contribution is 2.47. The number of nitrogens with one attached hydrogen (secondary N) is 1. The fraction of sp³-hybridized carbons (Fsp3) is 0.143. The highest BCUT2D eigenvalue weighted by Gasteiger charge is 2.22. The van der Waals surface area contributed by atoms with Gasteiger partial charge in [0.25, 0.3) is 0 Å². The molecule has 0 saturated carbocycles. The van der Waals surface area contributed by atoms with Crippen LogP contribution in [0.2, 0.25) is 5.02 Å². The first-order valence-electron chi connectivity index (χ1n) is 3.19. The molecule has 0 amide bonds. The molecule has 1 aromatic rings. The lowest BCUT2D eigenvalue weighted by molar-refractivity contribution is 0.173.